The number of esters is 1. The molecular weight excluding hydrogens is 271 g/mol. The first-order chi connectivity index (χ1) is 6.60. The number of ether oxygens (including phenoxy) is 2. The van der Waals surface area contributed by atoms with E-state index in [9.17, 15) is 4.79 Å². The van der Waals surface area contributed by atoms with Gasteiger partial charge < -0.3 is 9.47 Å². The van der Waals surface area contributed by atoms with Gasteiger partial charge in [0, 0.05) is 0 Å². The molecule has 14 heavy (non-hydrogen) atoms. The van der Waals surface area contributed by atoms with Gasteiger partial charge in [0.15, 0.2) is 5.75 Å². The molecule has 76 valence electrons. The standard InChI is InChI=1S/C9H8BrClO3/c1-13-8-6(10)3-5(4-7(8)11)9(12)14-2/h3-4H,1-2H3. The fraction of sp³-hybridized carbons (Fsp3) is 0.222. The third-order valence-corrected chi connectivity index (χ3v) is 2.49. The third-order valence-electron chi connectivity index (χ3n) is 1.62. The lowest BCUT2D eigenvalue weighted by atomic mass is 10.2. The third kappa shape index (κ3) is 2.19. The molecule has 0 aliphatic carbocycles. The second-order valence-corrected chi connectivity index (χ2v) is 3.73. The van der Waals surface area contributed by atoms with E-state index in [1.807, 2.05) is 0 Å². The van der Waals surface area contributed by atoms with Gasteiger partial charge in [0.1, 0.15) is 0 Å². The van der Waals surface area contributed by atoms with Crippen molar-refractivity contribution in [3.63, 3.8) is 0 Å². The van der Waals surface area contributed by atoms with Gasteiger partial charge in [-0.2, -0.15) is 0 Å². The number of rotatable bonds is 2. The Morgan fingerprint density at radius 3 is 2.50 bits per heavy atom. The number of carbonyl (C=O) groups is 1. The molecule has 0 atom stereocenters. The van der Waals surface area contributed by atoms with E-state index in [0.29, 0.717) is 20.8 Å². The Morgan fingerprint density at radius 1 is 1.43 bits per heavy atom. The summed E-state index contributed by atoms with van der Waals surface area (Å²) in [5, 5.41) is 0.363. The van der Waals surface area contributed by atoms with Crippen LogP contribution >= 0.6 is 27.5 Å². The molecule has 0 heterocycles. The van der Waals surface area contributed by atoms with Gasteiger partial charge >= 0.3 is 5.97 Å². The van der Waals surface area contributed by atoms with E-state index in [1.165, 1.54) is 20.3 Å². The quantitative estimate of drug-likeness (QED) is 0.781. The smallest absolute Gasteiger partial charge is 0.337 e. The lowest BCUT2D eigenvalue weighted by Crippen LogP contribution is -2.01. The lowest BCUT2D eigenvalue weighted by Gasteiger charge is -2.07. The summed E-state index contributed by atoms with van der Waals surface area (Å²) in [7, 11) is 2.82. The first-order valence-corrected chi connectivity index (χ1v) is 4.88. The molecule has 0 radical (unpaired) electrons. The zero-order valence-corrected chi connectivity index (χ0v) is 9.98. The van der Waals surface area contributed by atoms with Gasteiger partial charge in [-0.05, 0) is 28.1 Å². The van der Waals surface area contributed by atoms with Crippen LogP contribution in [0.3, 0.4) is 0 Å². The van der Waals surface area contributed by atoms with Crippen molar-refractivity contribution in [1.29, 1.82) is 0 Å². The van der Waals surface area contributed by atoms with Crippen molar-refractivity contribution in [1.82, 2.24) is 0 Å². The van der Waals surface area contributed by atoms with Crippen LogP contribution in [0.5, 0.6) is 5.75 Å². The number of benzene rings is 1. The molecule has 0 bridgehead atoms. The van der Waals surface area contributed by atoms with Gasteiger partial charge in [0.25, 0.3) is 0 Å². The van der Waals surface area contributed by atoms with E-state index in [4.69, 9.17) is 16.3 Å². The maximum absolute atomic E-state index is 11.2. The molecule has 0 unspecified atom stereocenters. The van der Waals surface area contributed by atoms with Gasteiger partial charge in [0.2, 0.25) is 0 Å². The summed E-state index contributed by atoms with van der Waals surface area (Å²) in [6.45, 7) is 0. The van der Waals surface area contributed by atoms with E-state index >= 15 is 0 Å². The Hall–Kier alpha value is -0.740. The molecule has 5 heteroatoms. The van der Waals surface area contributed by atoms with Crippen molar-refractivity contribution in [3.05, 3.63) is 27.2 Å². The van der Waals surface area contributed by atoms with Crippen molar-refractivity contribution in [3.8, 4) is 5.75 Å². The molecule has 0 saturated carbocycles. The van der Waals surface area contributed by atoms with Gasteiger partial charge in [-0.15, -0.1) is 0 Å². The Kier molecular flexibility index (Phi) is 3.77. The number of halogens is 2. The van der Waals surface area contributed by atoms with Crippen LogP contribution in [0.15, 0.2) is 16.6 Å². The second kappa shape index (κ2) is 4.66. The topological polar surface area (TPSA) is 35.5 Å². The minimum absolute atomic E-state index is 0.363. The molecule has 3 nitrogen and oxygen atoms in total. The molecule has 0 fully saturated rings. The van der Waals surface area contributed by atoms with Crippen LogP contribution in [-0.4, -0.2) is 20.2 Å². The first kappa shape index (κ1) is 11.3. The molecule has 0 amide bonds. The average molecular weight is 280 g/mol. The summed E-state index contributed by atoms with van der Waals surface area (Å²) in [6, 6.07) is 3.09. The molecule has 0 saturated heterocycles. The molecule has 1 rings (SSSR count). The molecule has 1 aromatic rings. The number of hydrogen-bond acceptors (Lipinski definition) is 3. The minimum atomic E-state index is -0.435. The molecule has 0 aliphatic heterocycles. The van der Waals surface area contributed by atoms with Crippen molar-refractivity contribution in [2.24, 2.45) is 0 Å². The minimum Gasteiger partial charge on any atom is -0.494 e. The largest absolute Gasteiger partial charge is 0.494 e. The normalized spacial score (nSPS) is 9.71. The van der Waals surface area contributed by atoms with Crippen LogP contribution in [0, 0.1) is 0 Å². The van der Waals surface area contributed by atoms with Crippen LogP contribution in [-0.2, 0) is 4.74 Å². The SMILES string of the molecule is COC(=O)c1cc(Cl)c(OC)c(Br)c1. The number of hydrogen-bond donors (Lipinski definition) is 0. The van der Waals surface area contributed by atoms with Gasteiger partial charge in [-0.25, -0.2) is 4.79 Å². The second-order valence-electron chi connectivity index (χ2n) is 2.46. The highest BCUT2D eigenvalue weighted by Gasteiger charge is 2.12. The van der Waals surface area contributed by atoms with Crippen molar-refractivity contribution in [2.45, 2.75) is 0 Å². The maximum Gasteiger partial charge on any atom is 0.337 e. The molecule has 0 aliphatic rings. The Balaban J connectivity index is 3.20. The highest BCUT2D eigenvalue weighted by molar-refractivity contribution is 9.10. The number of methoxy groups -OCH3 is 2. The average Bonchev–Trinajstić information content (AvgIpc) is 2.16. The highest BCUT2D eigenvalue weighted by Crippen LogP contribution is 2.34. The van der Waals surface area contributed by atoms with Crippen LogP contribution < -0.4 is 4.74 Å². The van der Waals surface area contributed by atoms with Crippen LogP contribution in [0.25, 0.3) is 0 Å². The Labute approximate surface area is 95.1 Å². The van der Waals surface area contributed by atoms with Crippen LogP contribution in [0.1, 0.15) is 10.4 Å². The summed E-state index contributed by atoms with van der Waals surface area (Å²) in [5.41, 5.74) is 0.380. The highest BCUT2D eigenvalue weighted by atomic mass is 79.9. The van der Waals surface area contributed by atoms with Crippen molar-refractivity contribution >= 4 is 33.5 Å². The van der Waals surface area contributed by atoms with E-state index in [-0.39, 0.29) is 0 Å². The summed E-state index contributed by atoms with van der Waals surface area (Å²) < 4.78 is 10.2. The van der Waals surface area contributed by atoms with E-state index < -0.39 is 5.97 Å². The summed E-state index contributed by atoms with van der Waals surface area (Å²) in [5.74, 6) is 0.0644. The summed E-state index contributed by atoms with van der Waals surface area (Å²) in [6.07, 6.45) is 0. The van der Waals surface area contributed by atoms with E-state index in [0.717, 1.165) is 0 Å². The molecule has 0 aromatic heterocycles. The van der Waals surface area contributed by atoms with Crippen LogP contribution in [0.2, 0.25) is 5.02 Å². The monoisotopic (exact) mass is 278 g/mol. The zero-order chi connectivity index (χ0) is 10.7. The van der Waals surface area contributed by atoms with Gasteiger partial charge in [-0.1, -0.05) is 11.6 Å². The van der Waals surface area contributed by atoms with Crippen molar-refractivity contribution in [2.75, 3.05) is 14.2 Å². The zero-order valence-electron chi connectivity index (χ0n) is 7.64. The molecule has 0 spiro atoms. The molecule has 1 aromatic carbocycles. The fourth-order valence-electron chi connectivity index (χ4n) is 0.991. The Morgan fingerprint density at radius 2 is 2.07 bits per heavy atom. The van der Waals surface area contributed by atoms with Crippen LogP contribution in [0.4, 0.5) is 0 Å². The first-order valence-electron chi connectivity index (χ1n) is 3.71. The maximum atomic E-state index is 11.2. The summed E-state index contributed by atoms with van der Waals surface area (Å²) >= 11 is 9.11. The van der Waals surface area contributed by atoms with E-state index in [1.54, 1.807) is 6.07 Å². The molecular formula is C9H8BrClO3. The summed E-state index contributed by atoms with van der Waals surface area (Å²) in [4.78, 5) is 11.2. The van der Waals surface area contributed by atoms with Gasteiger partial charge in [-0.3, -0.25) is 0 Å². The fourth-order valence-corrected chi connectivity index (χ4v) is 2.02. The van der Waals surface area contributed by atoms with Gasteiger partial charge in [0.05, 0.1) is 29.3 Å². The molecule has 0 N–H and O–H groups in total. The predicted molar refractivity (Wildman–Crippen MR) is 57.0 cm³/mol. The number of carbonyl (C=O) groups excluding carboxylic acids is 1. The lowest BCUT2D eigenvalue weighted by molar-refractivity contribution is 0.0600. The van der Waals surface area contributed by atoms with E-state index in [2.05, 4.69) is 20.7 Å². The Bertz CT molecular complexity index is 342. The predicted octanol–water partition coefficient (Wildman–Crippen LogP) is 2.90. The van der Waals surface area contributed by atoms with Crippen molar-refractivity contribution < 1.29 is 14.3 Å².